The second-order valence-electron chi connectivity index (χ2n) is 5.69. The molecule has 0 spiro atoms. The number of rotatable bonds is 2. The zero-order valence-corrected chi connectivity index (χ0v) is 14.2. The Balaban J connectivity index is 2.27. The van der Waals surface area contributed by atoms with E-state index in [0.29, 0.717) is 18.4 Å². The van der Waals surface area contributed by atoms with Crippen molar-refractivity contribution in [2.75, 3.05) is 0 Å². The number of ether oxygens (including phenoxy) is 1. The number of esters is 1. The standard InChI is InChI=1S/C16H17F3O5S/c1-11-4-2-3-5-12-10-13(24-25(21,22)16(17,18)19)7-8-14(12)23-15(20)9-6-11/h6-8,10H,2-5,9H2,1H3/b11-6-. The molecular weight excluding hydrogens is 361 g/mol. The molecule has 9 heteroatoms. The van der Waals surface area contributed by atoms with Gasteiger partial charge in [-0.1, -0.05) is 11.6 Å². The van der Waals surface area contributed by atoms with Gasteiger partial charge in [0, 0.05) is 0 Å². The molecule has 5 nitrogen and oxygen atoms in total. The van der Waals surface area contributed by atoms with Crippen LogP contribution in [0.5, 0.6) is 11.5 Å². The molecule has 0 saturated carbocycles. The van der Waals surface area contributed by atoms with Gasteiger partial charge in [-0.15, -0.1) is 0 Å². The van der Waals surface area contributed by atoms with Gasteiger partial charge < -0.3 is 8.92 Å². The van der Waals surface area contributed by atoms with Crippen LogP contribution < -0.4 is 8.92 Å². The molecule has 1 aromatic rings. The third kappa shape index (κ3) is 5.22. The zero-order chi connectivity index (χ0) is 18.7. The van der Waals surface area contributed by atoms with Crippen molar-refractivity contribution in [1.29, 1.82) is 0 Å². The number of carbonyl (C=O) groups is 1. The summed E-state index contributed by atoms with van der Waals surface area (Å²) in [6.45, 7) is 1.91. The predicted octanol–water partition coefficient (Wildman–Crippen LogP) is 3.88. The third-order valence-electron chi connectivity index (χ3n) is 3.63. The lowest BCUT2D eigenvalue weighted by Crippen LogP contribution is -2.28. The lowest BCUT2D eigenvalue weighted by Gasteiger charge is -2.13. The van der Waals surface area contributed by atoms with Gasteiger partial charge in [0.15, 0.2) is 0 Å². The second kappa shape index (κ2) is 7.47. The number of aryl methyl sites for hydroxylation is 1. The van der Waals surface area contributed by atoms with Gasteiger partial charge in [-0.25, -0.2) is 0 Å². The van der Waals surface area contributed by atoms with Crippen molar-refractivity contribution in [3.05, 3.63) is 35.4 Å². The molecule has 1 aliphatic heterocycles. The zero-order valence-electron chi connectivity index (χ0n) is 13.4. The molecular formula is C16H17F3O5S. The maximum absolute atomic E-state index is 12.4. The van der Waals surface area contributed by atoms with E-state index in [0.717, 1.165) is 30.5 Å². The first kappa shape index (κ1) is 19.3. The molecule has 138 valence electrons. The largest absolute Gasteiger partial charge is 0.534 e. The Morgan fingerprint density at radius 2 is 1.84 bits per heavy atom. The lowest BCUT2D eigenvalue weighted by molar-refractivity contribution is -0.133. The maximum Gasteiger partial charge on any atom is 0.534 e. The molecule has 25 heavy (non-hydrogen) atoms. The van der Waals surface area contributed by atoms with Crippen LogP contribution in [0.15, 0.2) is 29.8 Å². The highest BCUT2D eigenvalue weighted by atomic mass is 32.2. The van der Waals surface area contributed by atoms with Crippen LogP contribution in [-0.4, -0.2) is 19.9 Å². The summed E-state index contributed by atoms with van der Waals surface area (Å²) in [6.07, 6.45) is 4.60. The van der Waals surface area contributed by atoms with Crippen LogP contribution in [0.25, 0.3) is 0 Å². The number of hydrogen-bond donors (Lipinski definition) is 0. The minimum atomic E-state index is -5.75. The number of benzene rings is 1. The van der Waals surface area contributed by atoms with Gasteiger partial charge in [0.2, 0.25) is 0 Å². The number of fused-ring (bicyclic) bond motifs is 1. The van der Waals surface area contributed by atoms with Gasteiger partial charge in [0.05, 0.1) is 6.42 Å². The molecule has 0 unspecified atom stereocenters. The molecule has 0 saturated heterocycles. The fraction of sp³-hybridized carbons (Fsp3) is 0.438. The molecule has 0 aromatic heterocycles. The summed E-state index contributed by atoms with van der Waals surface area (Å²) in [7, 11) is -5.75. The number of carbonyl (C=O) groups excluding carboxylic acids is 1. The molecule has 0 atom stereocenters. The van der Waals surface area contributed by atoms with Crippen molar-refractivity contribution in [3.8, 4) is 11.5 Å². The average molecular weight is 378 g/mol. The van der Waals surface area contributed by atoms with E-state index in [-0.39, 0.29) is 12.2 Å². The van der Waals surface area contributed by atoms with Crippen molar-refractivity contribution >= 4 is 16.1 Å². The molecule has 1 aliphatic rings. The molecule has 1 aromatic carbocycles. The van der Waals surface area contributed by atoms with E-state index < -0.39 is 27.3 Å². The summed E-state index contributed by atoms with van der Waals surface area (Å²) in [6, 6.07) is 3.42. The second-order valence-corrected chi connectivity index (χ2v) is 7.23. The maximum atomic E-state index is 12.4. The first-order valence-electron chi connectivity index (χ1n) is 7.58. The minimum Gasteiger partial charge on any atom is -0.426 e. The van der Waals surface area contributed by atoms with Crippen LogP contribution in [0.2, 0.25) is 0 Å². The SMILES string of the molecule is C/C1=C/CC(=O)Oc2ccc(OS(=O)(=O)C(F)(F)F)cc2CCCC1. The third-order valence-corrected chi connectivity index (χ3v) is 4.61. The molecule has 2 rings (SSSR count). The Bertz CT molecular complexity index is 781. The smallest absolute Gasteiger partial charge is 0.426 e. The van der Waals surface area contributed by atoms with Crippen LogP contribution in [0, 0.1) is 0 Å². The van der Waals surface area contributed by atoms with E-state index in [1.165, 1.54) is 6.07 Å². The summed E-state index contributed by atoms with van der Waals surface area (Å²) < 4.78 is 68.8. The van der Waals surface area contributed by atoms with Crippen molar-refractivity contribution in [2.24, 2.45) is 0 Å². The summed E-state index contributed by atoms with van der Waals surface area (Å²) in [5.41, 5.74) is -4.04. The predicted molar refractivity (Wildman–Crippen MR) is 83.6 cm³/mol. The Labute approximate surface area is 143 Å². The van der Waals surface area contributed by atoms with Crippen LogP contribution in [0.4, 0.5) is 13.2 Å². The number of allylic oxidation sites excluding steroid dienone is 1. The number of alkyl halides is 3. The van der Waals surface area contributed by atoms with E-state index in [9.17, 15) is 26.4 Å². The quantitative estimate of drug-likeness (QED) is 0.257. The van der Waals surface area contributed by atoms with Crippen LogP contribution in [0.3, 0.4) is 0 Å². The highest BCUT2D eigenvalue weighted by Crippen LogP contribution is 2.31. The Morgan fingerprint density at radius 3 is 2.52 bits per heavy atom. The number of hydrogen-bond acceptors (Lipinski definition) is 5. The van der Waals surface area contributed by atoms with Crippen LogP contribution in [0.1, 0.15) is 38.2 Å². The van der Waals surface area contributed by atoms with E-state index >= 15 is 0 Å². The Morgan fingerprint density at radius 1 is 1.16 bits per heavy atom. The van der Waals surface area contributed by atoms with E-state index in [1.807, 2.05) is 6.92 Å². The first-order valence-corrected chi connectivity index (χ1v) is 8.99. The van der Waals surface area contributed by atoms with E-state index in [2.05, 4.69) is 4.18 Å². The fourth-order valence-corrected chi connectivity index (χ4v) is 2.77. The van der Waals surface area contributed by atoms with Gasteiger partial charge >= 0.3 is 21.6 Å². The van der Waals surface area contributed by atoms with Gasteiger partial charge in [0.1, 0.15) is 11.5 Å². The van der Waals surface area contributed by atoms with Crippen LogP contribution >= 0.6 is 0 Å². The molecule has 0 aliphatic carbocycles. The Kier molecular flexibility index (Phi) is 5.76. The monoisotopic (exact) mass is 378 g/mol. The summed E-state index contributed by atoms with van der Waals surface area (Å²) in [5, 5.41) is 0. The van der Waals surface area contributed by atoms with E-state index in [4.69, 9.17) is 4.74 Å². The molecule has 0 fully saturated rings. The molecule has 0 bridgehead atoms. The molecule has 0 amide bonds. The Hall–Kier alpha value is -2.03. The summed E-state index contributed by atoms with van der Waals surface area (Å²) in [4.78, 5) is 11.8. The highest BCUT2D eigenvalue weighted by Gasteiger charge is 2.48. The summed E-state index contributed by atoms with van der Waals surface area (Å²) in [5.74, 6) is -0.787. The minimum absolute atomic E-state index is 0.0893. The van der Waals surface area contributed by atoms with Crippen molar-refractivity contribution in [2.45, 2.75) is 44.5 Å². The van der Waals surface area contributed by atoms with Crippen molar-refractivity contribution in [1.82, 2.24) is 0 Å². The van der Waals surface area contributed by atoms with Crippen molar-refractivity contribution in [3.63, 3.8) is 0 Å². The molecule has 0 N–H and O–H groups in total. The highest BCUT2D eigenvalue weighted by molar-refractivity contribution is 7.88. The lowest BCUT2D eigenvalue weighted by atomic mass is 10.0. The van der Waals surface area contributed by atoms with Gasteiger partial charge in [-0.05, 0) is 56.4 Å². The molecule has 1 heterocycles. The van der Waals surface area contributed by atoms with Gasteiger partial charge in [-0.3, -0.25) is 4.79 Å². The van der Waals surface area contributed by atoms with Crippen molar-refractivity contribution < 1.29 is 35.3 Å². The topological polar surface area (TPSA) is 69.7 Å². The fourth-order valence-electron chi connectivity index (χ4n) is 2.32. The average Bonchev–Trinajstić information content (AvgIpc) is 2.52. The molecule has 0 radical (unpaired) electrons. The van der Waals surface area contributed by atoms with Gasteiger partial charge in [0.25, 0.3) is 0 Å². The van der Waals surface area contributed by atoms with E-state index in [1.54, 1.807) is 6.08 Å². The van der Waals surface area contributed by atoms with Gasteiger partial charge in [-0.2, -0.15) is 21.6 Å². The summed E-state index contributed by atoms with van der Waals surface area (Å²) >= 11 is 0. The first-order chi connectivity index (χ1) is 11.6. The normalized spacial score (nSPS) is 19.0. The van der Waals surface area contributed by atoms with Crippen LogP contribution in [-0.2, 0) is 21.3 Å². The number of halogens is 3.